The van der Waals surface area contributed by atoms with E-state index in [9.17, 15) is 4.79 Å². The van der Waals surface area contributed by atoms with E-state index < -0.39 is 0 Å². The molecule has 0 saturated carbocycles. The topological polar surface area (TPSA) is 42.1 Å². The number of fused-ring (bicyclic) bond motifs is 1. The third kappa shape index (κ3) is 2.08. The molecule has 2 rings (SSSR count). The fraction of sp³-hybridized carbons (Fsp3) is 0.308. The predicted octanol–water partition coefficient (Wildman–Crippen LogP) is 2.52. The number of ether oxygens (including phenoxy) is 1. The molecule has 0 saturated heterocycles. The van der Waals surface area contributed by atoms with Gasteiger partial charge in [0.25, 0.3) is 0 Å². The minimum atomic E-state index is -0.168. The van der Waals surface area contributed by atoms with Crippen LogP contribution in [0.25, 0.3) is 10.9 Å². The number of para-hydroxylation sites is 1. The summed E-state index contributed by atoms with van der Waals surface area (Å²) in [6, 6.07) is 10.2. The van der Waals surface area contributed by atoms with Crippen molar-refractivity contribution in [3.05, 3.63) is 36.0 Å². The van der Waals surface area contributed by atoms with Gasteiger partial charge in [-0.25, -0.2) is 0 Å². The zero-order valence-corrected chi connectivity index (χ0v) is 9.49. The van der Waals surface area contributed by atoms with Crippen LogP contribution in [-0.4, -0.2) is 18.1 Å². The first kappa shape index (κ1) is 10.7. The Morgan fingerprint density at radius 1 is 1.44 bits per heavy atom. The molecule has 1 atom stereocenters. The zero-order valence-electron chi connectivity index (χ0n) is 9.49. The van der Waals surface area contributed by atoms with Gasteiger partial charge in [-0.3, -0.25) is 4.79 Å². The molecule has 0 spiro atoms. The number of aromatic nitrogens is 1. The molecule has 1 aromatic carbocycles. The first-order valence-corrected chi connectivity index (χ1v) is 5.35. The third-order valence-corrected chi connectivity index (χ3v) is 2.72. The highest BCUT2D eigenvalue weighted by atomic mass is 16.5. The number of H-pyrrole nitrogens is 1. The summed E-state index contributed by atoms with van der Waals surface area (Å²) in [5.41, 5.74) is 2.17. The number of benzene rings is 1. The van der Waals surface area contributed by atoms with Crippen LogP contribution in [0, 0.1) is 5.92 Å². The number of hydrogen-bond acceptors (Lipinski definition) is 2. The SMILES string of the molecule is COC(=O)[C@@H](C)Cc1cc2ccccc2[nH]1. The van der Waals surface area contributed by atoms with Crippen LogP contribution >= 0.6 is 0 Å². The number of nitrogens with one attached hydrogen (secondary N) is 1. The summed E-state index contributed by atoms with van der Waals surface area (Å²) in [5, 5.41) is 1.18. The van der Waals surface area contributed by atoms with Crippen LogP contribution in [0.1, 0.15) is 12.6 Å². The molecule has 16 heavy (non-hydrogen) atoms. The summed E-state index contributed by atoms with van der Waals surface area (Å²) < 4.78 is 4.71. The minimum Gasteiger partial charge on any atom is -0.469 e. The third-order valence-electron chi connectivity index (χ3n) is 2.72. The van der Waals surface area contributed by atoms with Crippen molar-refractivity contribution in [1.82, 2.24) is 4.98 Å². The second-order valence-corrected chi connectivity index (χ2v) is 4.01. The zero-order chi connectivity index (χ0) is 11.5. The molecule has 84 valence electrons. The van der Waals surface area contributed by atoms with Gasteiger partial charge in [0.1, 0.15) is 0 Å². The molecule has 1 aromatic heterocycles. The highest BCUT2D eigenvalue weighted by molar-refractivity contribution is 5.80. The van der Waals surface area contributed by atoms with E-state index in [1.54, 1.807) is 0 Å². The Morgan fingerprint density at radius 3 is 2.88 bits per heavy atom. The standard InChI is InChI=1S/C13H15NO2/c1-9(13(15)16-2)7-11-8-10-5-3-4-6-12(10)14-11/h3-6,8-9,14H,7H2,1-2H3/t9-/m0/s1. The Kier molecular flexibility index (Phi) is 2.95. The van der Waals surface area contributed by atoms with Crippen molar-refractivity contribution in [2.75, 3.05) is 7.11 Å². The molecule has 0 fully saturated rings. The molecule has 0 aliphatic heterocycles. The Morgan fingerprint density at radius 2 is 2.19 bits per heavy atom. The molecule has 0 aliphatic rings. The maximum atomic E-state index is 11.3. The van der Waals surface area contributed by atoms with Gasteiger partial charge in [0.05, 0.1) is 13.0 Å². The van der Waals surface area contributed by atoms with Gasteiger partial charge in [-0.15, -0.1) is 0 Å². The predicted molar refractivity (Wildman–Crippen MR) is 63.2 cm³/mol. The van der Waals surface area contributed by atoms with Gasteiger partial charge in [-0.05, 0) is 17.5 Å². The molecule has 0 bridgehead atoms. The maximum Gasteiger partial charge on any atom is 0.308 e. The average Bonchev–Trinajstić information content (AvgIpc) is 2.69. The monoisotopic (exact) mass is 217 g/mol. The summed E-state index contributed by atoms with van der Waals surface area (Å²) in [5.74, 6) is -0.281. The van der Waals surface area contributed by atoms with Crippen molar-refractivity contribution in [2.24, 2.45) is 5.92 Å². The molecule has 3 heteroatoms. The normalized spacial score (nSPS) is 12.6. The largest absolute Gasteiger partial charge is 0.469 e. The Hall–Kier alpha value is -1.77. The van der Waals surface area contributed by atoms with Crippen LogP contribution in [0.2, 0.25) is 0 Å². The summed E-state index contributed by atoms with van der Waals surface area (Å²) >= 11 is 0. The minimum absolute atomic E-state index is 0.113. The lowest BCUT2D eigenvalue weighted by molar-refractivity contribution is -0.144. The molecular weight excluding hydrogens is 202 g/mol. The Labute approximate surface area is 94.4 Å². The first-order valence-electron chi connectivity index (χ1n) is 5.35. The van der Waals surface area contributed by atoms with E-state index >= 15 is 0 Å². The van der Waals surface area contributed by atoms with Crippen LogP contribution in [-0.2, 0) is 16.0 Å². The number of methoxy groups -OCH3 is 1. The van der Waals surface area contributed by atoms with Gasteiger partial charge in [0.2, 0.25) is 0 Å². The van der Waals surface area contributed by atoms with Gasteiger partial charge in [-0.2, -0.15) is 0 Å². The highest BCUT2D eigenvalue weighted by Crippen LogP contribution is 2.17. The van der Waals surface area contributed by atoms with Crippen molar-refractivity contribution in [3.8, 4) is 0 Å². The lowest BCUT2D eigenvalue weighted by atomic mass is 10.1. The van der Waals surface area contributed by atoms with Crippen LogP contribution in [0.5, 0.6) is 0 Å². The maximum absolute atomic E-state index is 11.3. The molecule has 1 N–H and O–H groups in total. The highest BCUT2D eigenvalue weighted by Gasteiger charge is 2.14. The molecule has 1 heterocycles. The van der Waals surface area contributed by atoms with Crippen LogP contribution in [0.15, 0.2) is 30.3 Å². The summed E-state index contributed by atoms with van der Waals surface area (Å²) in [6.07, 6.45) is 0.682. The molecular formula is C13H15NO2. The van der Waals surface area contributed by atoms with Gasteiger partial charge in [0.15, 0.2) is 0 Å². The fourth-order valence-corrected chi connectivity index (χ4v) is 1.86. The van der Waals surface area contributed by atoms with E-state index in [1.807, 2.05) is 25.1 Å². The van der Waals surface area contributed by atoms with Gasteiger partial charge >= 0.3 is 5.97 Å². The summed E-state index contributed by atoms with van der Waals surface area (Å²) in [7, 11) is 1.42. The van der Waals surface area contributed by atoms with E-state index in [-0.39, 0.29) is 11.9 Å². The lowest BCUT2D eigenvalue weighted by Crippen LogP contribution is -2.15. The number of rotatable bonds is 3. The first-order chi connectivity index (χ1) is 7.70. The van der Waals surface area contributed by atoms with Gasteiger partial charge in [-0.1, -0.05) is 25.1 Å². The van der Waals surface area contributed by atoms with E-state index in [4.69, 9.17) is 4.74 Å². The second-order valence-electron chi connectivity index (χ2n) is 4.01. The van der Waals surface area contributed by atoms with E-state index in [2.05, 4.69) is 17.1 Å². The number of aromatic amines is 1. The van der Waals surface area contributed by atoms with Crippen molar-refractivity contribution < 1.29 is 9.53 Å². The molecule has 2 aromatic rings. The summed E-state index contributed by atoms with van der Waals surface area (Å²) in [6.45, 7) is 1.87. The second kappa shape index (κ2) is 4.39. The number of carbonyl (C=O) groups excluding carboxylic acids is 1. The van der Waals surface area contributed by atoms with E-state index in [0.29, 0.717) is 6.42 Å². The van der Waals surface area contributed by atoms with Crippen molar-refractivity contribution in [2.45, 2.75) is 13.3 Å². The summed E-state index contributed by atoms with van der Waals surface area (Å²) in [4.78, 5) is 14.6. The number of esters is 1. The smallest absolute Gasteiger partial charge is 0.308 e. The molecule has 0 amide bonds. The molecule has 0 unspecified atom stereocenters. The fourth-order valence-electron chi connectivity index (χ4n) is 1.86. The molecule has 0 aliphatic carbocycles. The average molecular weight is 217 g/mol. The van der Waals surface area contributed by atoms with Crippen LogP contribution < -0.4 is 0 Å². The lowest BCUT2D eigenvalue weighted by Gasteiger charge is -2.06. The van der Waals surface area contributed by atoms with Gasteiger partial charge in [0, 0.05) is 17.6 Å². The van der Waals surface area contributed by atoms with Crippen molar-refractivity contribution in [1.29, 1.82) is 0 Å². The van der Waals surface area contributed by atoms with E-state index in [0.717, 1.165) is 11.2 Å². The quantitative estimate of drug-likeness (QED) is 0.803. The number of hydrogen-bond donors (Lipinski definition) is 1. The van der Waals surface area contributed by atoms with Crippen LogP contribution in [0.3, 0.4) is 0 Å². The van der Waals surface area contributed by atoms with Gasteiger partial charge < -0.3 is 9.72 Å². The van der Waals surface area contributed by atoms with Crippen molar-refractivity contribution >= 4 is 16.9 Å². The van der Waals surface area contributed by atoms with E-state index in [1.165, 1.54) is 12.5 Å². The Bertz CT molecular complexity index is 468. The van der Waals surface area contributed by atoms with Crippen molar-refractivity contribution in [3.63, 3.8) is 0 Å². The van der Waals surface area contributed by atoms with Crippen LogP contribution in [0.4, 0.5) is 0 Å². The number of carbonyl (C=O) groups is 1. The molecule has 0 radical (unpaired) electrons. The molecule has 3 nitrogen and oxygen atoms in total. The Balaban J connectivity index is 2.18.